The highest BCUT2D eigenvalue weighted by Gasteiger charge is 2.34. The topological polar surface area (TPSA) is 66.5 Å². The van der Waals surface area contributed by atoms with Gasteiger partial charge >= 0.3 is 0 Å². The van der Waals surface area contributed by atoms with Crippen molar-refractivity contribution < 1.29 is 22.0 Å². The van der Waals surface area contributed by atoms with E-state index in [2.05, 4.69) is 5.32 Å². The van der Waals surface area contributed by atoms with Crippen LogP contribution in [0.2, 0.25) is 0 Å². The van der Waals surface area contributed by atoms with Gasteiger partial charge in [-0.2, -0.15) is 4.31 Å². The quantitative estimate of drug-likeness (QED) is 0.865. The van der Waals surface area contributed by atoms with E-state index in [0.29, 0.717) is 18.9 Å². The van der Waals surface area contributed by atoms with Crippen LogP contribution >= 0.6 is 0 Å². The third-order valence-electron chi connectivity index (χ3n) is 5.29. The first-order valence-corrected chi connectivity index (χ1v) is 10.6. The monoisotopic (exact) mass is 386 g/mol. The molecule has 144 valence electrons. The van der Waals surface area contributed by atoms with E-state index >= 15 is 0 Å². The molecule has 2 aliphatic rings. The molecule has 0 atom stereocenters. The molecule has 26 heavy (non-hydrogen) atoms. The van der Waals surface area contributed by atoms with Gasteiger partial charge in [0, 0.05) is 25.0 Å². The Morgan fingerprint density at radius 1 is 1.04 bits per heavy atom. The molecule has 1 heterocycles. The molecule has 3 rings (SSSR count). The summed E-state index contributed by atoms with van der Waals surface area (Å²) in [6.07, 6.45) is 6.22. The van der Waals surface area contributed by atoms with Crippen molar-refractivity contribution in [1.29, 1.82) is 0 Å². The Morgan fingerprint density at radius 2 is 1.69 bits per heavy atom. The fourth-order valence-electron chi connectivity index (χ4n) is 3.74. The number of carbonyl (C=O) groups excluding carboxylic acids is 1. The molecule has 1 aromatic rings. The maximum Gasteiger partial charge on any atom is 0.246 e. The van der Waals surface area contributed by atoms with Crippen molar-refractivity contribution in [3.05, 3.63) is 29.8 Å². The highest BCUT2D eigenvalue weighted by atomic mass is 32.2. The fourth-order valence-corrected chi connectivity index (χ4v) is 5.28. The number of carbonyl (C=O) groups is 1. The van der Waals surface area contributed by atoms with Crippen molar-refractivity contribution in [3.63, 3.8) is 0 Å². The summed E-state index contributed by atoms with van der Waals surface area (Å²) in [5, 5.41) is 3.07. The van der Waals surface area contributed by atoms with Crippen LogP contribution in [0.3, 0.4) is 0 Å². The first-order chi connectivity index (χ1) is 12.4. The van der Waals surface area contributed by atoms with Crippen LogP contribution in [0.4, 0.5) is 8.78 Å². The van der Waals surface area contributed by atoms with Crippen LogP contribution in [0.1, 0.15) is 44.9 Å². The third kappa shape index (κ3) is 4.23. The molecule has 1 N–H and O–H groups in total. The third-order valence-corrected chi connectivity index (χ3v) is 7.20. The second-order valence-corrected chi connectivity index (χ2v) is 9.00. The molecule has 1 aromatic carbocycles. The van der Waals surface area contributed by atoms with Gasteiger partial charge < -0.3 is 5.32 Å². The maximum absolute atomic E-state index is 13.8. The van der Waals surface area contributed by atoms with E-state index in [1.54, 1.807) is 0 Å². The molecule has 8 heteroatoms. The van der Waals surface area contributed by atoms with Gasteiger partial charge in [-0.05, 0) is 43.9 Å². The largest absolute Gasteiger partial charge is 0.353 e. The van der Waals surface area contributed by atoms with Crippen LogP contribution in [0.15, 0.2) is 23.1 Å². The van der Waals surface area contributed by atoms with Crippen molar-refractivity contribution in [1.82, 2.24) is 9.62 Å². The Morgan fingerprint density at radius 3 is 2.35 bits per heavy atom. The van der Waals surface area contributed by atoms with Gasteiger partial charge in [-0.25, -0.2) is 17.2 Å². The lowest BCUT2D eigenvalue weighted by Crippen LogP contribution is -2.45. The van der Waals surface area contributed by atoms with E-state index < -0.39 is 26.6 Å². The van der Waals surface area contributed by atoms with Gasteiger partial charge in [-0.1, -0.05) is 19.3 Å². The Bertz CT molecular complexity index is 756. The molecule has 1 aliphatic carbocycles. The molecule has 1 amide bonds. The highest BCUT2D eigenvalue weighted by Crippen LogP contribution is 2.26. The number of sulfonamides is 1. The summed E-state index contributed by atoms with van der Waals surface area (Å²) >= 11 is 0. The minimum absolute atomic E-state index is 0.0223. The van der Waals surface area contributed by atoms with Crippen LogP contribution in [0.5, 0.6) is 0 Å². The molecule has 5 nitrogen and oxygen atoms in total. The Balaban J connectivity index is 1.60. The van der Waals surface area contributed by atoms with E-state index in [0.717, 1.165) is 42.1 Å². The van der Waals surface area contributed by atoms with Crippen molar-refractivity contribution in [2.45, 2.75) is 55.9 Å². The number of piperidine rings is 1. The summed E-state index contributed by atoms with van der Waals surface area (Å²) in [5.74, 6) is -2.03. The maximum atomic E-state index is 13.8. The number of nitrogens with one attached hydrogen (secondary N) is 1. The van der Waals surface area contributed by atoms with E-state index in [1.165, 1.54) is 6.42 Å². The van der Waals surface area contributed by atoms with Gasteiger partial charge in [0.05, 0.1) is 0 Å². The number of halogens is 2. The standard InChI is InChI=1S/C18H24F2N2O3S/c19-14-6-7-16(20)17(12-14)26(24,25)22-10-8-13(9-11-22)18(23)21-15-4-2-1-3-5-15/h6-7,12-13,15H,1-5,8-11H2,(H,21,23). The molecular weight excluding hydrogens is 362 g/mol. The Labute approximate surface area is 152 Å². The molecule has 0 aromatic heterocycles. The molecule has 0 bridgehead atoms. The summed E-state index contributed by atoms with van der Waals surface area (Å²) in [6.45, 7) is 0.252. The SMILES string of the molecule is O=C(NC1CCCCC1)C1CCN(S(=O)(=O)c2cc(F)ccc2F)CC1. The van der Waals surface area contributed by atoms with E-state index in [9.17, 15) is 22.0 Å². The van der Waals surface area contributed by atoms with Gasteiger partial charge in [-0.3, -0.25) is 4.79 Å². The molecule has 0 spiro atoms. The fraction of sp³-hybridized carbons (Fsp3) is 0.611. The average Bonchev–Trinajstić information content (AvgIpc) is 2.64. The van der Waals surface area contributed by atoms with Crippen molar-refractivity contribution >= 4 is 15.9 Å². The minimum atomic E-state index is -4.10. The summed E-state index contributed by atoms with van der Waals surface area (Å²) in [7, 11) is -4.10. The Hall–Kier alpha value is -1.54. The number of nitrogens with zero attached hydrogens (tertiary/aromatic N) is 1. The van der Waals surface area contributed by atoms with Crippen LogP contribution in [0.25, 0.3) is 0 Å². The molecule has 1 aliphatic heterocycles. The molecule has 1 saturated heterocycles. The summed E-state index contributed by atoms with van der Waals surface area (Å²) in [4.78, 5) is 11.8. The minimum Gasteiger partial charge on any atom is -0.353 e. The highest BCUT2D eigenvalue weighted by molar-refractivity contribution is 7.89. The smallest absolute Gasteiger partial charge is 0.246 e. The van der Waals surface area contributed by atoms with E-state index in [1.807, 2.05) is 0 Å². The molecule has 2 fully saturated rings. The van der Waals surface area contributed by atoms with Crippen molar-refractivity contribution in [2.75, 3.05) is 13.1 Å². The summed E-state index contributed by atoms with van der Waals surface area (Å²) in [6, 6.07) is 2.62. The van der Waals surface area contributed by atoms with Gasteiger partial charge in [-0.15, -0.1) is 0 Å². The molecule has 0 unspecified atom stereocenters. The van der Waals surface area contributed by atoms with E-state index in [4.69, 9.17) is 0 Å². The predicted octanol–water partition coefficient (Wildman–Crippen LogP) is 2.81. The number of hydrogen-bond acceptors (Lipinski definition) is 3. The lowest BCUT2D eigenvalue weighted by molar-refractivity contribution is -0.127. The predicted molar refractivity (Wildman–Crippen MR) is 92.9 cm³/mol. The second kappa shape index (κ2) is 8.00. The van der Waals surface area contributed by atoms with Gasteiger partial charge in [0.15, 0.2) is 0 Å². The number of benzene rings is 1. The zero-order valence-corrected chi connectivity index (χ0v) is 15.4. The lowest BCUT2D eigenvalue weighted by atomic mass is 9.93. The van der Waals surface area contributed by atoms with Gasteiger partial charge in [0.1, 0.15) is 16.5 Å². The van der Waals surface area contributed by atoms with Crippen molar-refractivity contribution in [3.8, 4) is 0 Å². The molecule has 1 saturated carbocycles. The Kier molecular flexibility index (Phi) is 5.92. The van der Waals surface area contributed by atoms with Crippen LogP contribution in [-0.2, 0) is 14.8 Å². The zero-order valence-electron chi connectivity index (χ0n) is 14.6. The van der Waals surface area contributed by atoms with Crippen LogP contribution < -0.4 is 5.32 Å². The first kappa shape index (κ1) is 19.2. The second-order valence-electron chi connectivity index (χ2n) is 7.10. The number of rotatable bonds is 4. The van der Waals surface area contributed by atoms with Crippen LogP contribution in [0, 0.1) is 17.6 Å². The first-order valence-electron chi connectivity index (χ1n) is 9.13. The zero-order chi connectivity index (χ0) is 18.7. The van der Waals surface area contributed by atoms with Gasteiger partial charge in [0.2, 0.25) is 15.9 Å². The normalized spacial score (nSPS) is 20.8. The number of amides is 1. The van der Waals surface area contributed by atoms with E-state index in [-0.39, 0.29) is 31.0 Å². The number of hydrogen-bond donors (Lipinski definition) is 1. The van der Waals surface area contributed by atoms with Gasteiger partial charge in [0.25, 0.3) is 0 Å². The molecular formula is C18H24F2N2O3S. The average molecular weight is 386 g/mol. The summed E-state index contributed by atoms with van der Waals surface area (Å²) in [5.41, 5.74) is 0. The van der Waals surface area contributed by atoms with Crippen molar-refractivity contribution in [2.24, 2.45) is 5.92 Å². The lowest BCUT2D eigenvalue weighted by Gasteiger charge is -2.32. The summed E-state index contributed by atoms with van der Waals surface area (Å²) < 4.78 is 53.5. The van der Waals surface area contributed by atoms with Crippen LogP contribution in [-0.4, -0.2) is 37.8 Å². The molecule has 0 radical (unpaired) electrons.